The average Bonchev–Trinajstić information content (AvgIpc) is 0.909. The predicted molar refractivity (Wildman–Crippen MR) is 428 cm³/mol. The number of carbonyl (C=O) groups is 4. The van der Waals surface area contributed by atoms with E-state index in [-0.39, 0.29) is 25.7 Å². The van der Waals surface area contributed by atoms with Crippen molar-refractivity contribution in [1.82, 2.24) is 0 Å². The highest BCUT2D eigenvalue weighted by Gasteiger charge is 2.30. The van der Waals surface area contributed by atoms with Gasteiger partial charge in [0.25, 0.3) is 0 Å². The van der Waals surface area contributed by atoms with Gasteiger partial charge in [-0.05, 0) is 57.8 Å². The Morgan fingerprint density at radius 3 is 0.731 bits per heavy atom. The Morgan fingerprint density at radius 1 is 0.269 bits per heavy atom. The van der Waals surface area contributed by atoms with Crippen molar-refractivity contribution >= 4 is 39.5 Å². The molecule has 0 aromatic heterocycles. The number of hydrogen-bond acceptors (Lipinski definition) is 15. The molecule has 17 nitrogen and oxygen atoms in total. The molecule has 19 heteroatoms. The highest BCUT2D eigenvalue weighted by molar-refractivity contribution is 7.47. The standard InChI is InChI=1S/C85H162O17P2/c1-5-9-13-17-21-25-29-33-37-39-43-46-50-54-58-62-66-70-83(88)96-76-80(101-84(89)71-67-63-59-55-51-47-42-36-32-28-24-20-16-12-8-4)77-99-103(91,92)97-73-79(86)74-98-104(93,94)100-78-81(75-95-82(87)69-65-61-57-53-49-45-41-35-31-27-23-19-15-11-7-3)102-85(90)72-68-64-60-56-52-48-44-40-38-34-30-26-22-18-14-10-6-2/h23,27,35,41,79-81,86H,5-22,24-26,28-34,36-40,42-78H2,1-4H3,(H,91,92)(H,93,94)/b27-23-,41-35-/t79-,80+,81+/m0/s1. The molecule has 0 spiro atoms. The zero-order valence-electron chi connectivity index (χ0n) is 67.5. The fraction of sp³-hybridized carbons (Fsp3) is 0.906. The SMILES string of the molecule is CCCCC/C=C\C/C=C\CCCCCCCC(=O)OC[C@H](COP(=O)(O)OC[C@@H](O)COP(=O)(O)OC[C@@H](COC(=O)CCCCCCCCCCCCCCCCCCC)OC(=O)CCCCCCCCCCCCCCCCC)OC(=O)CCCCCCCCCCCCCCCCCCC. The molecule has 614 valence electrons. The number of phosphoric ester groups is 2. The topological polar surface area (TPSA) is 237 Å². The number of unbranched alkanes of at least 4 members (excludes halogenated alkanes) is 54. The summed E-state index contributed by atoms with van der Waals surface area (Å²) < 4.78 is 68.9. The van der Waals surface area contributed by atoms with Gasteiger partial charge in [-0.1, -0.05) is 379 Å². The number of phosphoric acid groups is 2. The number of aliphatic hydroxyl groups excluding tert-OH is 1. The third-order valence-electron chi connectivity index (χ3n) is 19.4. The highest BCUT2D eigenvalue weighted by atomic mass is 31.2. The summed E-state index contributed by atoms with van der Waals surface area (Å²) in [6.45, 7) is 4.99. The minimum atomic E-state index is -4.97. The van der Waals surface area contributed by atoms with Crippen LogP contribution in [0.2, 0.25) is 0 Å². The van der Waals surface area contributed by atoms with Crippen molar-refractivity contribution in [2.45, 2.75) is 457 Å². The zero-order valence-corrected chi connectivity index (χ0v) is 69.3. The average molecular weight is 1520 g/mol. The quantitative estimate of drug-likeness (QED) is 0.0169. The molecule has 0 saturated carbocycles. The van der Waals surface area contributed by atoms with E-state index in [1.165, 1.54) is 244 Å². The van der Waals surface area contributed by atoms with Gasteiger partial charge in [0.15, 0.2) is 12.2 Å². The third-order valence-corrected chi connectivity index (χ3v) is 21.4. The van der Waals surface area contributed by atoms with Crippen LogP contribution in [0.3, 0.4) is 0 Å². The van der Waals surface area contributed by atoms with E-state index in [0.29, 0.717) is 25.7 Å². The molecule has 0 aliphatic carbocycles. The predicted octanol–water partition coefficient (Wildman–Crippen LogP) is 25.7. The van der Waals surface area contributed by atoms with Gasteiger partial charge in [-0.2, -0.15) is 0 Å². The summed E-state index contributed by atoms with van der Waals surface area (Å²) in [5, 5.41) is 10.7. The second kappa shape index (κ2) is 78.7. The maximum absolute atomic E-state index is 13.1. The number of esters is 4. The normalized spacial score (nSPS) is 13.9. The summed E-state index contributed by atoms with van der Waals surface area (Å²) in [6, 6.07) is 0. The molecule has 0 radical (unpaired) electrons. The second-order valence-corrected chi connectivity index (χ2v) is 32.8. The van der Waals surface area contributed by atoms with Gasteiger partial charge in [0.1, 0.15) is 19.3 Å². The molecule has 2 unspecified atom stereocenters. The van der Waals surface area contributed by atoms with E-state index in [4.69, 9.17) is 37.0 Å². The van der Waals surface area contributed by atoms with Crippen LogP contribution in [-0.4, -0.2) is 96.7 Å². The van der Waals surface area contributed by atoms with Crippen molar-refractivity contribution in [2.75, 3.05) is 39.6 Å². The van der Waals surface area contributed by atoms with Crippen molar-refractivity contribution in [2.24, 2.45) is 0 Å². The third kappa shape index (κ3) is 77.7. The lowest BCUT2D eigenvalue weighted by molar-refractivity contribution is -0.161. The van der Waals surface area contributed by atoms with Crippen LogP contribution in [0, 0.1) is 0 Å². The minimum absolute atomic E-state index is 0.103. The monoisotopic (exact) mass is 1520 g/mol. The summed E-state index contributed by atoms with van der Waals surface area (Å²) in [7, 11) is -9.94. The summed E-state index contributed by atoms with van der Waals surface area (Å²) in [4.78, 5) is 73.2. The van der Waals surface area contributed by atoms with Crippen molar-refractivity contribution in [1.29, 1.82) is 0 Å². The van der Waals surface area contributed by atoms with E-state index in [9.17, 15) is 43.2 Å². The summed E-state index contributed by atoms with van der Waals surface area (Å²) in [6.07, 6.45) is 75.6. The van der Waals surface area contributed by atoms with Gasteiger partial charge in [0.05, 0.1) is 26.4 Å². The van der Waals surface area contributed by atoms with Crippen molar-refractivity contribution in [3.63, 3.8) is 0 Å². The number of hydrogen-bond donors (Lipinski definition) is 3. The molecule has 5 atom stereocenters. The van der Waals surface area contributed by atoms with Gasteiger partial charge in [0.2, 0.25) is 0 Å². The van der Waals surface area contributed by atoms with Gasteiger partial charge in [0, 0.05) is 25.7 Å². The maximum Gasteiger partial charge on any atom is 0.472 e. The molecule has 0 rings (SSSR count). The minimum Gasteiger partial charge on any atom is -0.462 e. The van der Waals surface area contributed by atoms with Crippen LogP contribution in [-0.2, 0) is 65.4 Å². The fourth-order valence-corrected chi connectivity index (χ4v) is 14.4. The van der Waals surface area contributed by atoms with Crippen LogP contribution in [0.1, 0.15) is 439 Å². The first kappa shape index (κ1) is 102. The number of aliphatic hydroxyl groups is 1. The first-order valence-electron chi connectivity index (χ1n) is 43.6. The Bertz CT molecular complexity index is 2060. The van der Waals surface area contributed by atoms with Crippen LogP contribution in [0.5, 0.6) is 0 Å². The van der Waals surface area contributed by atoms with Gasteiger partial charge in [-0.25, -0.2) is 9.13 Å². The Hall–Kier alpha value is -2.46. The van der Waals surface area contributed by atoms with Crippen molar-refractivity contribution in [3.05, 3.63) is 24.3 Å². The molecule has 0 saturated heterocycles. The first-order chi connectivity index (χ1) is 50.7. The van der Waals surface area contributed by atoms with Crippen LogP contribution in [0.4, 0.5) is 0 Å². The molecular formula is C85H162O17P2. The van der Waals surface area contributed by atoms with E-state index in [2.05, 4.69) is 52.0 Å². The number of allylic oxidation sites excluding steroid dienone is 4. The Labute approximate surface area is 637 Å². The van der Waals surface area contributed by atoms with Crippen LogP contribution in [0.15, 0.2) is 24.3 Å². The number of ether oxygens (including phenoxy) is 4. The Balaban J connectivity index is 5.30. The molecule has 104 heavy (non-hydrogen) atoms. The van der Waals surface area contributed by atoms with Crippen molar-refractivity contribution < 1.29 is 80.2 Å². The lowest BCUT2D eigenvalue weighted by Crippen LogP contribution is -2.30. The molecule has 0 amide bonds. The molecule has 0 aromatic rings. The Kier molecular flexibility index (Phi) is 76.8. The molecule has 0 fully saturated rings. The maximum atomic E-state index is 13.1. The van der Waals surface area contributed by atoms with E-state index >= 15 is 0 Å². The van der Waals surface area contributed by atoms with Gasteiger partial charge >= 0.3 is 39.5 Å². The van der Waals surface area contributed by atoms with E-state index in [0.717, 1.165) is 116 Å². The van der Waals surface area contributed by atoms with Gasteiger partial charge in [-0.15, -0.1) is 0 Å². The number of carbonyl (C=O) groups excluding carboxylic acids is 4. The van der Waals surface area contributed by atoms with E-state index in [1.807, 2.05) is 0 Å². The van der Waals surface area contributed by atoms with Crippen LogP contribution < -0.4 is 0 Å². The molecule has 0 heterocycles. The lowest BCUT2D eigenvalue weighted by atomic mass is 10.0. The van der Waals surface area contributed by atoms with E-state index < -0.39 is 97.5 Å². The fourth-order valence-electron chi connectivity index (χ4n) is 12.8. The molecule has 0 aromatic carbocycles. The molecule has 0 aliphatic heterocycles. The summed E-state index contributed by atoms with van der Waals surface area (Å²) >= 11 is 0. The second-order valence-electron chi connectivity index (χ2n) is 29.9. The summed E-state index contributed by atoms with van der Waals surface area (Å²) in [5.74, 6) is -2.13. The molecule has 3 N–H and O–H groups in total. The highest BCUT2D eigenvalue weighted by Crippen LogP contribution is 2.45. The molecular weight excluding hydrogens is 1350 g/mol. The smallest absolute Gasteiger partial charge is 0.462 e. The van der Waals surface area contributed by atoms with Crippen LogP contribution in [0.25, 0.3) is 0 Å². The Morgan fingerprint density at radius 2 is 0.471 bits per heavy atom. The van der Waals surface area contributed by atoms with Crippen molar-refractivity contribution in [3.8, 4) is 0 Å². The largest absolute Gasteiger partial charge is 0.472 e. The summed E-state index contributed by atoms with van der Waals surface area (Å²) in [5.41, 5.74) is 0. The lowest BCUT2D eigenvalue weighted by Gasteiger charge is -2.21. The van der Waals surface area contributed by atoms with Gasteiger partial charge < -0.3 is 33.8 Å². The van der Waals surface area contributed by atoms with E-state index in [1.54, 1.807) is 0 Å². The molecule has 0 aliphatic rings. The van der Waals surface area contributed by atoms with Gasteiger partial charge in [-0.3, -0.25) is 37.3 Å². The van der Waals surface area contributed by atoms with Crippen LogP contribution >= 0.6 is 15.6 Å². The number of rotatable bonds is 84. The molecule has 0 bridgehead atoms. The first-order valence-corrected chi connectivity index (χ1v) is 46.6. The zero-order chi connectivity index (χ0) is 76.0.